The second kappa shape index (κ2) is 13.4. The molecule has 0 radical (unpaired) electrons. The number of hydrogen-bond donors (Lipinski definition) is 0. The van der Waals surface area contributed by atoms with Gasteiger partial charge in [0.25, 0.3) is 16.4 Å². The van der Waals surface area contributed by atoms with Gasteiger partial charge in [-0.2, -0.15) is 5.26 Å². The molecule has 7 nitrogen and oxygen atoms in total. The van der Waals surface area contributed by atoms with Gasteiger partial charge in [-0.1, -0.05) is 42.5 Å². The summed E-state index contributed by atoms with van der Waals surface area (Å²) in [5, 5.41) is 9.93. The Morgan fingerprint density at radius 3 is 2.06 bits per heavy atom. The Bertz CT molecular complexity index is 2600. The Hall–Kier alpha value is -6.45. The third-order valence-corrected chi connectivity index (χ3v) is 9.90. The topological polar surface area (TPSA) is 93.5 Å². The lowest BCUT2D eigenvalue weighted by atomic mass is 9.92. The van der Waals surface area contributed by atoms with Crippen LogP contribution in [0.4, 0.5) is 36.4 Å². The van der Waals surface area contributed by atoms with E-state index in [1.807, 2.05) is 6.07 Å². The van der Waals surface area contributed by atoms with Crippen molar-refractivity contribution < 1.29 is 48.7 Å². The summed E-state index contributed by atoms with van der Waals surface area (Å²) in [5.41, 5.74) is -5.56. The zero-order valence-corrected chi connectivity index (χ0v) is 27.0. The number of rotatable bonds is 7. The quantitative estimate of drug-likeness (QED) is 0.0705. The van der Waals surface area contributed by atoms with E-state index in [1.54, 1.807) is 0 Å². The van der Waals surface area contributed by atoms with Crippen LogP contribution in [-0.2, 0) is 14.8 Å². The van der Waals surface area contributed by atoms with Crippen molar-refractivity contribution in [2.45, 2.75) is 11.3 Å². The SMILES string of the molecule is [C-]#[N+]c1cccc(C#N)c1-c1c(-c2cccc(-c3c(F)c(F)c(C(=O)OC)c(F)c3F)c2)n(S(=O)(=O)c2ccc(C(F)F)cc2)c2ccc(F)cc12. The third kappa shape index (κ3) is 5.61. The van der Waals surface area contributed by atoms with Gasteiger partial charge in [-0.25, -0.2) is 52.8 Å². The van der Waals surface area contributed by atoms with Gasteiger partial charge in [-0.15, -0.1) is 0 Å². The standard InChI is InChI=1S/C37H18F7N3O4S/c1-46-25-8-4-7-21(17-45)27(25)29-24-16-22(38)11-14-26(24)47(52(49,50)23-12-9-18(10-13-23)36(43)44)35(29)20-6-3-5-19(15-20)28-31(39)33(41)30(37(48)51-2)34(42)32(28)40/h3-16,36H,2H3. The second-order valence-corrected chi connectivity index (χ2v) is 12.8. The molecule has 5 aromatic carbocycles. The van der Waals surface area contributed by atoms with E-state index in [-0.39, 0.29) is 38.8 Å². The maximum absolute atomic E-state index is 15.5. The van der Waals surface area contributed by atoms with Crippen LogP contribution in [0.2, 0.25) is 0 Å². The number of halogens is 7. The van der Waals surface area contributed by atoms with Crippen molar-refractivity contribution >= 4 is 32.6 Å². The van der Waals surface area contributed by atoms with E-state index in [2.05, 4.69) is 9.58 Å². The summed E-state index contributed by atoms with van der Waals surface area (Å²) in [5.74, 6) is -10.7. The summed E-state index contributed by atoms with van der Waals surface area (Å²) in [6.45, 7) is 7.81. The largest absolute Gasteiger partial charge is 0.465 e. The van der Waals surface area contributed by atoms with Gasteiger partial charge in [-0.3, -0.25) is 0 Å². The number of esters is 1. The number of aromatic nitrogens is 1. The van der Waals surface area contributed by atoms with Gasteiger partial charge < -0.3 is 4.74 Å². The van der Waals surface area contributed by atoms with Crippen LogP contribution in [-0.4, -0.2) is 25.5 Å². The van der Waals surface area contributed by atoms with Crippen LogP contribution in [0.15, 0.2) is 89.8 Å². The Morgan fingerprint density at radius 1 is 0.827 bits per heavy atom. The van der Waals surface area contributed by atoms with Crippen LogP contribution in [0.3, 0.4) is 0 Å². The summed E-state index contributed by atoms with van der Waals surface area (Å²) in [6.07, 6.45) is -2.94. The van der Waals surface area contributed by atoms with E-state index in [4.69, 9.17) is 6.57 Å². The highest BCUT2D eigenvalue weighted by molar-refractivity contribution is 7.90. The first kappa shape index (κ1) is 35.4. The molecule has 52 heavy (non-hydrogen) atoms. The molecule has 0 amide bonds. The number of carbonyl (C=O) groups excluding carboxylic acids is 1. The van der Waals surface area contributed by atoms with Crippen molar-refractivity contribution in [3.05, 3.63) is 142 Å². The molecule has 0 aliphatic heterocycles. The highest BCUT2D eigenvalue weighted by atomic mass is 32.2. The third-order valence-electron chi connectivity index (χ3n) is 8.17. The van der Waals surface area contributed by atoms with Crippen molar-refractivity contribution in [3.8, 4) is 39.6 Å². The van der Waals surface area contributed by atoms with Gasteiger partial charge in [0.15, 0.2) is 29.0 Å². The molecule has 0 N–H and O–H groups in total. The molecule has 0 saturated carbocycles. The normalized spacial score (nSPS) is 11.4. The number of fused-ring (bicyclic) bond motifs is 1. The van der Waals surface area contributed by atoms with Crippen molar-refractivity contribution in [1.29, 1.82) is 5.26 Å². The Morgan fingerprint density at radius 2 is 1.46 bits per heavy atom. The minimum atomic E-state index is -4.88. The lowest BCUT2D eigenvalue weighted by Gasteiger charge is -2.17. The number of nitrogens with zero attached hydrogens (tertiary/aromatic N) is 3. The van der Waals surface area contributed by atoms with E-state index in [0.717, 1.165) is 67.8 Å². The number of benzene rings is 5. The zero-order valence-electron chi connectivity index (χ0n) is 26.2. The minimum absolute atomic E-state index is 0.155. The van der Waals surface area contributed by atoms with E-state index in [9.17, 15) is 27.3 Å². The average Bonchev–Trinajstić information content (AvgIpc) is 3.48. The molecular formula is C37H18F7N3O4S. The number of ether oxygens (including phenoxy) is 1. The molecule has 260 valence electrons. The summed E-state index contributed by atoms with van der Waals surface area (Å²) in [4.78, 5) is 14.9. The van der Waals surface area contributed by atoms with Gasteiger partial charge in [0, 0.05) is 33.2 Å². The molecule has 15 heteroatoms. The summed E-state index contributed by atoms with van der Waals surface area (Å²) in [6, 6.07) is 16.8. The fraction of sp³-hybridized carbons (Fsp3) is 0.0541. The number of hydrogen-bond acceptors (Lipinski definition) is 5. The molecule has 0 unspecified atom stereocenters. The molecule has 6 rings (SSSR count). The van der Waals surface area contributed by atoms with Gasteiger partial charge in [0.2, 0.25) is 0 Å². The molecule has 0 bridgehead atoms. The van der Waals surface area contributed by atoms with Crippen molar-refractivity contribution in [1.82, 2.24) is 3.97 Å². The maximum atomic E-state index is 15.5. The van der Waals surface area contributed by atoms with Crippen molar-refractivity contribution in [3.63, 3.8) is 0 Å². The predicted octanol–water partition coefficient (Wildman–Crippen LogP) is 9.72. The van der Waals surface area contributed by atoms with Crippen molar-refractivity contribution in [2.75, 3.05) is 7.11 Å². The molecule has 6 aromatic rings. The van der Waals surface area contributed by atoms with Gasteiger partial charge in [-0.05, 0) is 48.0 Å². The first-order valence-electron chi connectivity index (χ1n) is 14.7. The Balaban J connectivity index is 1.78. The van der Waals surface area contributed by atoms with Gasteiger partial charge >= 0.3 is 5.97 Å². The summed E-state index contributed by atoms with van der Waals surface area (Å²) >= 11 is 0. The fourth-order valence-electron chi connectivity index (χ4n) is 5.87. The van der Waals surface area contributed by atoms with E-state index in [0.29, 0.717) is 3.97 Å². The molecule has 1 aromatic heterocycles. The summed E-state index contributed by atoms with van der Waals surface area (Å²) in [7, 11) is -4.14. The Labute approximate surface area is 290 Å². The highest BCUT2D eigenvalue weighted by Crippen LogP contribution is 2.48. The maximum Gasteiger partial charge on any atom is 0.344 e. The molecule has 0 atom stereocenters. The predicted molar refractivity (Wildman–Crippen MR) is 174 cm³/mol. The van der Waals surface area contributed by atoms with Crippen LogP contribution >= 0.6 is 0 Å². The van der Waals surface area contributed by atoms with Gasteiger partial charge in [0.1, 0.15) is 11.4 Å². The monoisotopic (exact) mass is 733 g/mol. The zero-order chi connectivity index (χ0) is 37.6. The van der Waals surface area contributed by atoms with Crippen LogP contribution in [0.25, 0.3) is 49.3 Å². The highest BCUT2D eigenvalue weighted by Gasteiger charge is 2.33. The lowest BCUT2D eigenvalue weighted by molar-refractivity contribution is 0.0587. The molecule has 0 aliphatic rings. The molecule has 0 fully saturated rings. The molecule has 1 heterocycles. The van der Waals surface area contributed by atoms with Crippen LogP contribution in [0.1, 0.15) is 27.9 Å². The average molecular weight is 734 g/mol. The number of carbonyl (C=O) groups is 1. The number of alkyl halides is 2. The van der Waals surface area contributed by atoms with E-state index in [1.165, 1.54) is 24.3 Å². The van der Waals surface area contributed by atoms with Crippen molar-refractivity contribution in [2.24, 2.45) is 0 Å². The van der Waals surface area contributed by atoms with Crippen LogP contribution < -0.4 is 0 Å². The number of methoxy groups -OCH3 is 1. The first-order valence-corrected chi connectivity index (χ1v) is 16.1. The lowest BCUT2D eigenvalue weighted by Crippen LogP contribution is -2.15. The minimum Gasteiger partial charge on any atom is -0.465 e. The Kier molecular flexibility index (Phi) is 9.08. The van der Waals surface area contributed by atoms with Crippen LogP contribution in [0.5, 0.6) is 0 Å². The number of nitriles is 1. The van der Waals surface area contributed by atoms with Gasteiger partial charge in [0.05, 0.1) is 41.4 Å². The molecule has 0 spiro atoms. The molecule has 0 aliphatic carbocycles. The molecule has 0 saturated heterocycles. The van der Waals surface area contributed by atoms with E-state index >= 15 is 22.0 Å². The fourth-order valence-corrected chi connectivity index (χ4v) is 7.41. The smallest absolute Gasteiger partial charge is 0.344 e. The summed E-state index contributed by atoms with van der Waals surface area (Å²) < 4.78 is 137. The molecular weight excluding hydrogens is 715 g/mol. The van der Waals surface area contributed by atoms with Crippen LogP contribution in [0, 0.1) is 47.0 Å². The first-order chi connectivity index (χ1) is 24.8. The second-order valence-electron chi connectivity index (χ2n) is 11.0. The van der Waals surface area contributed by atoms with E-state index < -0.39 is 84.3 Å².